The maximum atomic E-state index is 13.8. The van der Waals surface area contributed by atoms with Gasteiger partial charge in [0.05, 0.1) is 20.2 Å². The Kier molecular flexibility index (Phi) is 6.84. The lowest BCUT2D eigenvalue weighted by molar-refractivity contribution is -0.142. The fraction of sp³-hybridized carbons (Fsp3) is 0.385. The average Bonchev–Trinajstić information content (AvgIpc) is 2.40. The maximum absolute atomic E-state index is 13.8. The van der Waals surface area contributed by atoms with Crippen molar-refractivity contribution in [1.82, 2.24) is 4.90 Å². The number of carbonyl (C=O) groups excluding carboxylic acids is 2. The van der Waals surface area contributed by atoms with Crippen molar-refractivity contribution in [2.45, 2.75) is 6.92 Å². The summed E-state index contributed by atoms with van der Waals surface area (Å²) >= 11 is 3.24. The molecule has 1 aromatic carbocycles. The van der Waals surface area contributed by atoms with E-state index in [1.165, 1.54) is 18.1 Å². The number of halogens is 2. The van der Waals surface area contributed by atoms with Gasteiger partial charge in [-0.05, 0) is 37.1 Å². The summed E-state index contributed by atoms with van der Waals surface area (Å²) in [4.78, 5) is 24.1. The van der Waals surface area contributed by atoms with E-state index in [0.717, 1.165) is 7.48 Å². The Labute approximate surface area is 131 Å². The number of aryl methyl sites for hydroxylation is 1. The van der Waals surface area contributed by atoms with Crippen LogP contribution in [0.4, 0.5) is 4.39 Å². The van der Waals surface area contributed by atoms with Gasteiger partial charge in [-0.25, -0.2) is 4.39 Å². The Hall–Kier alpha value is -1.41. The van der Waals surface area contributed by atoms with Crippen molar-refractivity contribution in [1.29, 1.82) is 0 Å². The fourth-order valence-electron chi connectivity index (χ4n) is 1.56. The standard InChI is InChI=1S/C13H15BBrFNO4/c1-8-4-9(15)5-10(13(8)16)14-21-12(19)7-17(2)6-11(18)20-3/h4-5H,6-7H2,1-3H3. The van der Waals surface area contributed by atoms with Crippen LogP contribution in [0.3, 0.4) is 0 Å². The van der Waals surface area contributed by atoms with Crippen LogP contribution in [0, 0.1) is 12.7 Å². The van der Waals surface area contributed by atoms with Crippen LogP contribution in [0.5, 0.6) is 0 Å². The average molecular weight is 359 g/mol. The Morgan fingerprint density at radius 1 is 1.33 bits per heavy atom. The van der Waals surface area contributed by atoms with Gasteiger partial charge in [-0.2, -0.15) is 0 Å². The molecule has 8 heteroatoms. The van der Waals surface area contributed by atoms with E-state index in [4.69, 9.17) is 4.65 Å². The molecule has 0 saturated heterocycles. The SMILES string of the molecule is COC(=O)CN(C)CC(=O)O[B]c1cc(Br)cc(C)c1F. The van der Waals surface area contributed by atoms with Gasteiger partial charge in [0.2, 0.25) is 0 Å². The summed E-state index contributed by atoms with van der Waals surface area (Å²) in [6, 6.07) is 3.13. The van der Waals surface area contributed by atoms with Crippen LogP contribution in [-0.4, -0.2) is 51.6 Å². The third kappa shape index (κ3) is 5.85. The van der Waals surface area contributed by atoms with Crippen LogP contribution in [0.2, 0.25) is 0 Å². The molecule has 5 nitrogen and oxygen atoms in total. The largest absolute Gasteiger partial charge is 0.532 e. The molecule has 0 amide bonds. The molecule has 0 saturated carbocycles. The molecule has 0 fully saturated rings. The molecule has 0 N–H and O–H groups in total. The first-order valence-electron chi connectivity index (χ1n) is 6.07. The molecule has 1 radical (unpaired) electrons. The monoisotopic (exact) mass is 358 g/mol. The molecule has 0 atom stereocenters. The zero-order chi connectivity index (χ0) is 16.0. The van der Waals surface area contributed by atoms with Crippen molar-refractivity contribution >= 4 is 40.8 Å². The smallest absolute Gasteiger partial charge is 0.415 e. The molecule has 0 aliphatic rings. The number of hydrogen-bond donors (Lipinski definition) is 0. The molecular formula is C13H15BBrFNO4. The maximum Gasteiger partial charge on any atom is 0.415 e. The highest BCUT2D eigenvalue weighted by Gasteiger charge is 2.15. The lowest BCUT2D eigenvalue weighted by atomic mass is 9.86. The molecule has 0 aliphatic carbocycles. The molecule has 21 heavy (non-hydrogen) atoms. The van der Waals surface area contributed by atoms with Crippen LogP contribution in [0.15, 0.2) is 16.6 Å². The minimum atomic E-state index is -0.599. The van der Waals surface area contributed by atoms with Gasteiger partial charge in [0.25, 0.3) is 0 Å². The Morgan fingerprint density at radius 2 is 1.95 bits per heavy atom. The number of esters is 1. The topological polar surface area (TPSA) is 55.8 Å². The zero-order valence-corrected chi connectivity index (χ0v) is 13.6. The lowest BCUT2D eigenvalue weighted by Crippen LogP contribution is -2.34. The van der Waals surface area contributed by atoms with Crippen molar-refractivity contribution in [3.63, 3.8) is 0 Å². The zero-order valence-electron chi connectivity index (χ0n) is 12.0. The summed E-state index contributed by atoms with van der Waals surface area (Å²) in [5, 5.41) is 0. The summed E-state index contributed by atoms with van der Waals surface area (Å²) in [5.74, 6) is -1.50. The normalized spacial score (nSPS) is 10.4. The lowest BCUT2D eigenvalue weighted by Gasteiger charge is -2.14. The number of rotatable bonds is 6. The molecule has 0 aromatic heterocycles. The number of likely N-dealkylation sites (N-methyl/N-ethyl adjacent to an activating group) is 1. The minimum Gasteiger partial charge on any atom is -0.532 e. The highest BCUT2D eigenvalue weighted by molar-refractivity contribution is 9.10. The van der Waals surface area contributed by atoms with Crippen molar-refractivity contribution in [3.05, 3.63) is 28.0 Å². The highest BCUT2D eigenvalue weighted by atomic mass is 79.9. The molecule has 1 aromatic rings. The molecular weight excluding hydrogens is 344 g/mol. The molecule has 113 valence electrons. The van der Waals surface area contributed by atoms with E-state index in [2.05, 4.69) is 20.7 Å². The molecule has 1 rings (SSSR count). The predicted octanol–water partition coefficient (Wildman–Crippen LogP) is 0.789. The number of nitrogens with zero attached hydrogens (tertiary/aromatic N) is 1. The molecule has 0 spiro atoms. The Morgan fingerprint density at radius 3 is 2.57 bits per heavy atom. The van der Waals surface area contributed by atoms with Gasteiger partial charge < -0.3 is 9.39 Å². The Balaban J connectivity index is 2.52. The van der Waals surface area contributed by atoms with Crippen LogP contribution >= 0.6 is 15.9 Å². The van der Waals surface area contributed by atoms with Gasteiger partial charge in [0, 0.05) is 4.47 Å². The third-order valence-corrected chi connectivity index (χ3v) is 3.05. The quantitative estimate of drug-likeness (QED) is 0.556. The molecule has 0 heterocycles. The van der Waals surface area contributed by atoms with Crippen LogP contribution < -0.4 is 5.46 Å². The number of methoxy groups -OCH3 is 1. The van der Waals surface area contributed by atoms with E-state index < -0.39 is 17.8 Å². The summed E-state index contributed by atoms with van der Waals surface area (Å²) in [7, 11) is 3.89. The molecule has 0 unspecified atom stereocenters. The van der Waals surface area contributed by atoms with Gasteiger partial charge in [0.1, 0.15) is 5.82 Å². The van der Waals surface area contributed by atoms with E-state index in [1.807, 2.05) is 0 Å². The first kappa shape index (κ1) is 17.6. The first-order valence-corrected chi connectivity index (χ1v) is 6.86. The third-order valence-electron chi connectivity index (χ3n) is 2.59. The number of hydrogen-bond acceptors (Lipinski definition) is 5. The van der Waals surface area contributed by atoms with Gasteiger partial charge >= 0.3 is 19.4 Å². The van der Waals surface area contributed by atoms with Crippen molar-refractivity contribution < 1.29 is 23.4 Å². The predicted molar refractivity (Wildman–Crippen MR) is 79.8 cm³/mol. The van der Waals surface area contributed by atoms with Crippen LogP contribution in [0.1, 0.15) is 5.56 Å². The van der Waals surface area contributed by atoms with Crippen molar-refractivity contribution in [3.8, 4) is 0 Å². The second kappa shape index (κ2) is 8.14. The van der Waals surface area contributed by atoms with E-state index in [9.17, 15) is 14.0 Å². The van der Waals surface area contributed by atoms with Gasteiger partial charge in [-0.15, -0.1) is 0 Å². The minimum absolute atomic E-state index is 0.0318. The second-order valence-corrected chi connectivity index (χ2v) is 5.40. The first-order chi connectivity index (χ1) is 9.83. The highest BCUT2D eigenvalue weighted by Crippen LogP contribution is 2.12. The van der Waals surface area contributed by atoms with Crippen molar-refractivity contribution in [2.24, 2.45) is 0 Å². The molecule has 0 bridgehead atoms. The van der Waals surface area contributed by atoms with Crippen LogP contribution in [0.25, 0.3) is 0 Å². The van der Waals surface area contributed by atoms with Crippen molar-refractivity contribution in [2.75, 3.05) is 27.2 Å². The summed E-state index contributed by atoms with van der Waals surface area (Å²) in [6.07, 6.45) is 0. The van der Waals surface area contributed by atoms with Gasteiger partial charge in [-0.1, -0.05) is 15.9 Å². The van der Waals surface area contributed by atoms with Gasteiger partial charge in [0.15, 0.2) is 0 Å². The van der Waals surface area contributed by atoms with Gasteiger partial charge in [-0.3, -0.25) is 14.5 Å². The number of benzene rings is 1. The summed E-state index contributed by atoms with van der Waals surface area (Å²) in [6.45, 7) is 1.47. The summed E-state index contributed by atoms with van der Waals surface area (Å²) in [5.41, 5.74) is 0.611. The Bertz CT molecular complexity index is 541. The number of ether oxygens (including phenoxy) is 1. The van der Waals surface area contributed by atoms with E-state index >= 15 is 0 Å². The van der Waals surface area contributed by atoms with Crippen LogP contribution in [-0.2, 0) is 19.0 Å². The van der Waals surface area contributed by atoms with E-state index in [0.29, 0.717) is 10.0 Å². The van der Waals surface area contributed by atoms with E-state index in [1.54, 1.807) is 20.0 Å². The second-order valence-electron chi connectivity index (χ2n) is 4.48. The van der Waals surface area contributed by atoms with E-state index in [-0.39, 0.29) is 18.6 Å². The number of carbonyl (C=O) groups is 2. The molecule has 0 aliphatic heterocycles. The summed E-state index contributed by atoms with van der Waals surface area (Å²) < 4.78 is 23.8. The fourth-order valence-corrected chi connectivity index (χ4v) is 2.15.